The molecule has 0 unspecified atom stereocenters. The standard InChI is InChI=1S/C27H25NO6S/c1-2-33-27(32)21-18(17-10-8-16(9-11-17)15-6-4-3-5-7-15)14-35-25(21)28-24(29)22-19-12-13-20(34-19)23(22)26(30)31/h3-11,14,19-20,22-23H,2,12-13H2,1H3,(H,28,29)(H,30,31)/t19-,20-,22-,23-/m1/s1. The van der Waals surface area contributed by atoms with Crippen LogP contribution in [0, 0.1) is 11.8 Å². The molecule has 180 valence electrons. The van der Waals surface area contributed by atoms with Gasteiger partial charge in [-0.2, -0.15) is 0 Å². The number of aliphatic carboxylic acids is 1. The molecule has 0 radical (unpaired) electrons. The number of anilines is 1. The first-order valence-corrected chi connectivity index (χ1v) is 12.5. The van der Waals surface area contributed by atoms with Crippen molar-refractivity contribution in [2.75, 3.05) is 11.9 Å². The number of carboxylic acid groups (broad SMARTS) is 1. The summed E-state index contributed by atoms with van der Waals surface area (Å²) >= 11 is 1.22. The van der Waals surface area contributed by atoms with Crippen LogP contribution in [-0.2, 0) is 19.1 Å². The molecule has 2 bridgehead atoms. The fraction of sp³-hybridized carbons (Fsp3) is 0.296. The number of ether oxygens (including phenoxy) is 2. The van der Waals surface area contributed by atoms with Crippen molar-refractivity contribution in [2.24, 2.45) is 11.8 Å². The molecular formula is C27H25NO6S. The summed E-state index contributed by atoms with van der Waals surface area (Å²) < 4.78 is 11.0. The van der Waals surface area contributed by atoms with E-state index in [1.807, 2.05) is 60.0 Å². The van der Waals surface area contributed by atoms with E-state index in [-0.39, 0.29) is 12.2 Å². The average molecular weight is 492 g/mol. The molecule has 5 rings (SSSR count). The van der Waals surface area contributed by atoms with E-state index in [2.05, 4.69) is 5.32 Å². The lowest BCUT2D eigenvalue weighted by molar-refractivity contribution is -0.147. The Hall–Kier alpha value is -3.49. The van der Waals surface area contributed by atoms with Gasteiger partial charge in [0.1, 0.15) is 10.6 Å². The summed E-state index contributed by atoms with van der Waals surface area (Å²) in [4.78, 5) is 37.9. The van der Waals surface area contributed by atoms with Gasteiger partial charge in [0.25, 0.3) is 0 Å². The molecule has 3 aromatic rings. The molecule has 0 saturated carbocycles. The lowest BCUT2D eigenvalue weighted by atomic mass is 9.79. The van der Waals surface area contributed by atoms with Gasteiger partial charge in [-0.3, -0.25) is 9.59 Å². The minimum atomic E-state index is -1.03. The number of carbonyl (C=O) groups excluding carboxylic acids is 2. The Balaban J connectivity index is 1.44. The first-order valence-electron chi connectivity index (χ1n) is 11.6. The summed E-state index contributed by atoms with van der Waals surface area (Å²) in [6.07, 6.45) is 0.430. The smallest absolute Gasteiger partial charge is 0.341 e. The van der Waals surface area contributed by atoms with Crippen LogP contribution in [0.4, 0.5) is 5.00 Å². The van der Waals surface area contributed by atoms with Gasteiger partial charge < -0.3 is 19.9 Å². The van der Waals surface area contributed by atoms with Crippen LogP contribution >= 0.6 is 11.3 Å². The highest BCUT2D eigenvalue weighted by Gasteiger charge is 2.55. The Morgan fingerprint density at radius 2 is 1.60 bits per heavy atom. The first kappa shape index (κ1) is 23.3. The molecule has 0 spiro atoms. The van der Waals surface area contributed by atoms with Gasteiger partial charge in [-0.1, -0.05) is 54.6 Å². The number of rotatable bonds is 7. The summed E-state index contributed by atoms with van der Waals surface area (Å²) in [5, 5.41) is 14.6. The third kappa shape index (κ3) is 4.35. The van der Waals surface area contributed by atoms with E-state index < -0.39 is 41.9 Å². The van der Waals surface area contributed by atoms with E-state index in [1.54, 1.807) is 6.92 Å². The van der Waals surface area contributed by atoms with Crippen LogP contribution in [0.1, 0.15) is 30.1 Å². The average Bonchev–Trinajstić information content (AvgIpc) is 3.59. The molecule has 2 aliphatic rings. The summed E-state index contributed by atoms with van der Waals surface area (Å²) in [5.41, 5.74) is 3.88. The number of carboxylic acids is 1. The fourth-order valence-electron chi connectivity index (χ4n) is 5.06. The first-order chi connectivity index (χ1) is 17.0. The Labute approximate surface area is 206 Å². The van der Waals surface area contributed by atoms with Crippen molar-refractivity contribution >= 4 is 34.2 Å². The molecule has 8 heteroatoms. The maximum absolute atomic E-state index is 13.2. The summed E-state index contributed by atoms with van der Waals surface area (Å²) in [7, 11) is 0. The van der Waals surface area contributed by atoms with Gasteiger partial charge in [0.05, 0.1) is 30.7 Å². The molecule has 1 aromatic heterocycles. The number of carbonyl (C=O) groups is 3. The predicted molar refractivity (Wildman–Crippen MR) is 132 cm³/mol. The Morgan fingerprint density at radius 1 is 0.971 bits per heavy atom. The van der Waals surface area contributed by atoms with Crippen LogP contribution < -0.4 is 5.32 Å². The molecule has 2 aliphatic heterocycles. The third-order valence-corrected chi connectivity index (χ3v) is 7.57. The van der Waals surface area contributed by atoms with Crippen LogP contribution in [-0.4, -0.2) is 41.8 Å². The maximum atomic E-state index is 13.2. The highest BCUT2D eigenvalue weighted by molar-refractivity contribution is 7.15. The summed E-state index contributed by atoms with van der Waals surface area (Å²) in [5.74, 6) is -3.69. The Morgan fingerprint density at radius 3 is 2.26 bits per heavy atom. The zero-order valence-electron chi connectivity index (χ0n) is 19.1. The van der Waals surface area contributed by atoms with Gasteiger partial charge in [0.2, 0.25) is 5.91 Å². The molecule has 3 heterocycles. The molecule has 2 N–H and O–H groups in total. The van der Waals surface area contributed by atoms with E-state index in [0.29, 0.717) is 23.4 Å². The zero-order chi connectivity index (χ0) is 24.5. The lowest BCUT2D eigenvalue weighted by Crippen LogP contribution is -2.41. The van der Waals surface area contributed by atoms with Gasteiger partial charge in [-0.05, 0) is 36.5 Å². The van der Waals surface area contributed by atoms with E-state index in [9.17, 15) is 19.5 Å². The van der Waals surface area contributed by atoms with Gasteiger partial charge in [0.15, 0.2) is 0 Å². The van der Waals surface area contributed by atoms with Crippen molar-refractivity contribution in [1.82, 2.24) is 0 Å². The van der Waals surface area contributed by atoms with Crippen molar-refractivity contribution in [1.29, 1.82) is 0 Å². The number of benzene rings is 2. The Bertz CT molecular complexity index is 1250. The predicted octanol–water partition coefficient (Wildman–Crippen LogP) is 5.08. The normalized spacial score (nSPS) is 22.7. The molecule has 7 nitrogen and oxygen atoms in total. The number of hydrogen-bond acceptors (Lipinski definition) is 6. The van der Waals surface area contributed by atoms with Crippen molar-refractivity contribution < 1.29 is 29.0 Å². The van der Waals surface area contributed by atoms with Crippen LogP contribution in [0.3, 0.4) is 0 Å². The second-order valence-corrected chi connectivity index (χ2v) is 9.57. The molecule has 0 aliphatic carbocycles. The van der Waals surface area contributed by atoms with Gasteiger partial charge in [-0.25, -0.2) is 4.79 Å². The van der Waals surface area contributed by atoms with E-state index in [1.165, 1.54) is 11.3 Å². The van der Waals surface area contributed by atoms with Gasteiger partial charge >= 0.3 is 11.9 Å². The van der Waals surface area contributed by atoms with Crippen molar-refractivity contribution in [2.45, 2.75) is 32.0 Å². The van der Waals surface area contributed by atoms with Crippen LogP contribution in [0.25, 0.3) is 22.3 Å². The maximum Gasteiger partial charge on any atom is 0.341 e. The fourth-order valence-corrected chi connectivity index (χ4v) is 6.02. The minimum absolute atomic E-state index is 0.190. The van der Waals surface area contributed by atoms with Gasteiger partial charge in [0, 0.05) is 10.9 Å². The molecule has 2 saturated heterocycles. The highest BCUT2D eigenvalue weighted by Crippen LogP contribution is 2.45. The van der Waals surface area contributed by atoms with Crippen LogP contribution in [0.5, 0.6) is 0 Å². The molecule has 2 aromatic carbocycles. The second kappa shape index (κ2) is 9.64. The van der Waals surface area contributed by atoms with Gasteiger partial charge in [-0.15, -0.1) is 11.3 Å². The second-order valence-electron chi connectivity index (χ2n) is 8.69. The zero-order valence-corrected chi connectivity index (χ0v) is 19.9. The monoisotopic (exact) mass is 491 g/mol. The van der Waals surface area contributed by atoms with E-state index >= 15 is 0 Å². The molecule has 4 atom stereocenters. The number of amides is 1. The molecule has 2 fully saturated rings. The number of esters is 1. The number of hydrogen-bond donors (Lipinski definition) is 2. The molecule has 1 amide bonds. The lowest BCUT2D eigenvalue weighted by Gasteiger charge is -2.23. The quantitative estimate of drug-likeness (QED) is 0.447. The topological polar surface area (TPSA) is 102 Å². The number of nitrogens with one attached hydrogen (secondary N) is 1. The van der Waals surface area contributed by atoms with Crippen LogP contribution in [0.2, 0.25) is 0 Å². The number of thiophene rings is 1. The minimum Gasteiger partial charge on any atom is -0.481 e. The van der Waals surface area contributed by atoms with Crippen LogP contribution in [0.15, 0.2) is 60.0 Å². The summed E-state index contributed by atoms with van der Waals surface area (Å²) in [6, 6.07) is 17.8. The molecule has 35 heavy (non-hydrogen) atoms. The van der Waals surface area contributed by atoms with Crippen molar-refractivity contribution in [3.63, 3.8) is 0 Å². The molecular weight excluding hydrogens is 466 g/mol. The van der Waals surface area contributed by atoms with E-state index in [0.717, 1.165) is 16.7 Å². The van der Waals surface area contributed by atoms with E-state index in [4.69, 9.17) is 9.47 Å². The number of fused-ring (bicyclic) bond motifs is 2. The van der Waals surface area contributed by atoms with Crippen molar-refractivity contribution in [3.8, 4) is 22.3 Å². The largest absolute Gasteiger partial charge is 0.481 e. The third-order valence-electron chi connectivity index (χ3n) is 6.67. The Kier molecular flexibility index (Phi) is 6.40. The SMILES string of the molecule is CCOC(=O)c1c(-c2ccc(-c3ccccc3)cc2)csc1NC(=O)[C@H]1[C@H](C(=O)O)[C@H]2CC[C@H]1O2. The van der Waals surface area contributed by atoms with Crippen molar-refractivity contribution in [3.05, 3.63) is 65.5 Å². The highest BCUT2D eigenvalue weighted by atomic mass is 32.1. The summed E-state index contributed by atoms with van der Waals surface area (Å²) in [6.45, 7) is 1.91.